The van der Waals surface area contributed by atoms with E-state index >= 15 is 0 Å². The predicted octanol–water partition coefficient (Wildman–Crippen LogP) is 2.34. The third-order valence-corrected chi connectivity index (χ3v) is 6.42. The van der Waals surface area contributed by atoms with Gasteiger partial charge < -0.3 is 19.8 Å². The fraction of sp³-hybridized carbons (Fsp3) is 0.636. The minimum absolute atomic E-state index is 0.162. The summed E-state index contributed by atoms with van der Waals surface area (Å²) in [5.74, 6) is 3.74. The largest absolute Gasteiger partial charge is 0.394 e. The summed E-state index contributed by atoms with van der Waals surface area (Å²) in [5.41, 5.74) is 1.02. The van der Waals surface area contributed by atoms with Crippen LogP contribution in [0.1, 0.15) is 43.6 Å². The van der Waals surface area contributed by atoms with E-state index in [-0.39, 0.29) is 12.6 Å². The third-order valence-electron chi connectivity index (χ3n) is 6.42. The maximum absolute atomic E-state index is 9.75. The molecule has 0 aliphatic carbocycles. The van der Waals surface area contributed by atoms with E-state index in [4.69, 9.17) is 0 Å². The van der Waals surface area contributed by atoms with E-state index in [1.54, 1.807) is 6.33 Å². The molecule has 1 N–H and O–H groups in total. The summed E-state index contributed by atoms with van der Waals surface area (Å²) in [6.07, 6.45) is 7.11. The van der Waals surface area contributed by atoms with Crippen LogP contribution < -0.4 is 14.7 Å². The van der Waals surface area contributed by atoms with Crippen LogP contribution in [0, 0.1) is 13.8 Å². The normalized spacial score (nSPS) is 20.5. The van der Waals surface area contributed by atoms with Crippen LogP contribution in [-0.2, 0) is 0 Å². The molecule has 2 aromatic rings. The van der Waals surface area contributed by atoms with Crippen molar-refractivity contribution in [3.8, 4) is 0 Å². The van der Waals surface area contributed by atoms with Crippen molar-refractivity contribution in [1.82, 2.24) is 19.9 Å². The molecule has 0 amide bonds. The van der Waals surface area contributed by atoms with Crippen molar-refractivity contribution >= 4 is 17.5 Å². The molecule has 0 bridgehead atoms. The second kappa shape index (κ2) is 9.12. The number of rotatable bonds is 5. The lowest BCUT2D eigenvalue weighted by atomic mass is 10.0. The Balaban J connectivity index is 1.42. The highest BCUT2D eigenvalue weighted by Gasteiger charge is 2.27. The topological polar surface area (TPSA) is 81.5 Å². The van der Waals surface area contributed by atoms with Crippen LogP contribution in [-0.4, -0.2) is 70.4 Å². The quantitative estimate of drug-likeness (QED) is 0.803. The molecule has 2 fully saturated rings. The smallest absolute Gasteiger partial charge is 0.134 e. The van der Waals surface area contributed by atoms with Crippen LogP contribution in [0.25, 0.3) is 0 Å². The first-order valence-electron chi connectivity index (χ1n) is 11.0. The number of nitrogens with zero attached hydrogens (tertiary/aromatic N) is 7. The van der Waals surface area contributed by atoms with Gasteiger partial charge in [-0.2, -0.15) is 0 Å². The van der Waals surface area contributed by atoms with Gasteiger partial charge in [0, 0.05) is 50.6 Å². The summed E-state index contributed by atoms with van der Waals surface area (Å²) in [7, 11) is 2.13. The summed E-state index contributed by atoms with van der Waals surface area (Å²) >= 11 is 0. The van der Waals surface area contributed by atoms with Crippen molar-refractivity contribution in [3.05, 3.63) is 30.0 Å². The summed E-state index contributed by atoms with van der Waals surface area (Å²) in [6, 6.07) is 4.75. The van der Waals surface area contributed by atoms with Gasteiger partial charge in [-0.15, -0.1) is 0 Å². The van der Waals surface area contributed by atoms with Crippen LogP contribution in [0.4, 0.5) is 17.5 Å². The number of aromatic nitrogens is 4. The number of aliphatic hydroxyl groups excluding tert-OH is 1. The molecule has 8 heteroatoms. The molecule has 162 valence electrons. The molecule has 0 radical (unpaired) electrons. The Morgan fingerprint density at radius 2 is 1.80 bits per heavy atom. The van der Waals surface area contributed by atoms with E-state index in [2.05, 4.69) is 53.8 Å². The van der Waals surface area contributed by atoms with E-state index in [1.807, 2.05) is 13.8 Å². The molecule has 2 saturated heterocycles. The molecule has 0 saturated carbocycles. The first kappa shape index (κ1) is 20.8. The molecule has 2 aromatic heterocycles. The molecule has 30 heavy (non-hydrogen) atoms. The van der Waals surface area contributed by atoms with Gasteiger partial charge in [0.1, 0.15) is 29.6 Å². The zero-order chi connectivity index (χ0) is 21.1. The lowest BCUT2D eigenvalue weighted by molar-refractivity contribution is 0.239. The molecular formula is C22H33N7O. The Morgan fingerprint density at radius 1 is 1.00 bits per heavy atom. The zero-order valence-corrected chi connectivity index (χ0v) is 18.3. The monoisotopic (exact) mass is 411 g/mol. The van der Waals surface area contributed by atoms with Gasteiger partial charge in [-0.05, 0) is 46.0 Å². The standard InChI is InChI=1S/C22H33N7O/c1-16-12-22(26-17(2)25-16)28-10-7-18(8-11-28)27(3)20-13-21(24-15-23-20)29-9-5-4-6-19(29)14-30/h12-13,15,18-19,30H,4-11,14H2,1-3H3. The predicted molar refractivity (Wildman–Crippen MR) is 119 cm³/mol. The number of aryl methyl sites for hydroxylation is 2. The minimum Gasteiger partial charge on any atom is -0.394 e. The molecule has 8 nitrogen and oxygen atoms in total. The fourth-order valence-corrected chi connectivity index (χ4v) is 4.71. The highest BCUT2D eigenvalue weighted by atomic mass is 16.3. The van der Waals surface area contributed by atoms with E-state index < -0.39 is 0 Å². The summed E-state index contributed by atoms with van der Waals surface area (Å²) < 4.78 is 0. The molecule has 1 unspecified atom stereocenters. The van der Waals surface area contributed by atoms with Gasteiger partial charge >= 0.3 is 0 Å². The van der Waals surface area contributed by atoms with E-state index in [0.717, 1.165) is 74.3 Å². The second-order valence-corrected chi connectivity index (χ2v) is 8.50. The van der Waals surface area contributed by atoms with E-state index in [9.17, 15) is 5.11 Å². The number of hydrogen-bond donors (Lipinski definition) is 1. The number of piperidine rings is 2. The Morgan fingerprint density at radius 3 is 2.53 bits per heavy atom. The minimum atomic E-state index is 0.162. The van der Waals surface area contributed by atoms with Crippen LogP contribution in [0.15, 0.2) is 18.5 Å². The van der Waals surface area contributed by atoms with Crippen molar-refractivity contribution in [1.29, 1.82) is 0 Å². The average Bonchev–Trinajstić information content (AvgIpc) is 2.78. The van der Waals surface area contributed by atoms with Gasteiger partial charge in [-0.3, -0.25) is 0 Å². The molecule has 2 aliphatic rings. The first-order chi connectivity index (χ1) is 14.5. The molecule has 4 rings (SSSR count). The maximum Gasteiger partial charge on any atom is 0.134 e. The molecule has 2 aliphatic heterocycles. The van der Waals surface area contributed by atoms with Gasteiger partial charge in [0.05, 0.1) is 12.6 Å². The van der Waals surface area contributed by atoms with Gasteiger partial charge in [-0.25, -0.2) is 19.9 Å². The highest BCUT2D eigenvalue weighted by Crippen LogP contribution is 2.28. The van der Waals surface area contributed by atoms with Crippen LogP contribution in [0.2, 0.25) is 0 Å². The third kappa shape index (κ3) is 4.48. The molecule has 0 aromatic carbocycles. The second-order valence-electron chi connectivity index (χ2n) is 8.50. The zero-order valence-electron chi connectivity index (χ0n) is 18.3. The van der Waals surface area contributed by atoms with Crippen molar-refractivity contribution in [2.75, 3.05) is 48.0 Å². The van der Waals surface area contributed by atoms with Gasteiger partial charge in [-0.1, -0.05) is 0 Å². The van der Waals surface area contributed by atoms with Crippen LogP contribution in [0.5, 0.6) is 0 Å². The molecule has 1 atom stereocenters. The Hall–Kier alpha value is -2.48. The molecule has 4 heterocycles. The summed E-state index contributed by atoms with van der Waals surface area (Å²) in [4.78, 5) is 25.0. The Kier molecular flexibility index (Phi) is 6.32. The van der Waals surface area contributed by atoms with Gasteiger partial charge in [0.15, 0.2) is 0 Å². The van der Waals surface area contributed by atoms with Gasteiger partial charge in [0.25, 0.3) is 0 Å². The number of aliphatic hydroxyl groups is 1. The van der Waals surface area contributed by atoms with Crippen LogP contribution in [0.3, 0.4) is 0 Å². The molecular weight excluding hydrogens is 378 g/mol. The van der Waals surface area contributed by atoms with Crippen molar-refractivity contribution < 1.29 is 5.11 Å². The average molecular weight is 412 g/mol. The highest BCUT2D eigenvalue weighted by molar-refractivity contribution is 5.51. The van der Waals surface area contributed by atoms with E-state index in [1.165, 1.54) is 6.42 Å². The Bertz CT molecular complexity index is 833. The van der Waals surface area contributed by atoms with E-state index in [0.29, 0.717) is 6.04 Å². The van der Waals surface area contributed by atoms with Crippen molar-refractivity contribution in [2.45, 2.75) is 58.0 Å². The first-order valence-corrected chi connectivity index (χ1v) is 11.0. The Labute approximate surface area is 179 Å². The molecule has 0 spiro atoms. The SMILES string of the molecule is Cc1cc(N2CCC(N(C)c3cc(N4CCCCC4CO)ncn3)CC2)nc(C)n1. The lowest BCUT2D eigenvalue weighted by Crippen LogP contribution is -2.44. The summed E-state index contributed by atoms with van der Waals surface area (Å²) in [5, 5.41) is 9.75. The maximum atomic E-state index is 9.75. The number of hydrogen-bond acceptors (Lipinski definition) is 8. The summed E-state index contributed by atoms with van der Waals surface area (Å²) in [6.45, 7) is 7.04. The van der Waals surface area contributed by atoms with Crippen molar-refractivity contribution in [2.24, 2.45) is 0 Å². The van der Waals surface area contributed by atoms with Crippen LogP contribution >= 0.6 is 0 Å². The lowest BCUT2D eigenvalue weighted by Gasteiger charge is -2.39. The fourth-order valence-electron chi connectivity index (χ4n) is 4.71. The van der Waals surface area contributed by atoms with Crippen molar-refractivity contribution in [3.63, 3.8) is 0 Å². The number of anilines is 3. The van der Waals surface area contributed by atoms with Gasteiger partial charge in [0.2, 0.25) is 0 Å².